The lowest BCUT2D eigenvalue weighted by molar-refractivity contribution is -0.148. The van der Waals surface area contributed by atoms with Gasteiger partial charge in [-0.1, -0.05) is 12.1 Å². The summed E-state index contributed by atoms with van der Waals surface area (Å²) >= 11 is 0. The molecule has 6 nitrogen and oxygen atoms in total. The molecule has 0 N–H and O–H groups in total. The van der Waals surface area contributed by atoms with E-state index in [-0.39, 0.29) is 11.9 Å². The first kappa shape index (κ1) is 25.4. The number of methoxy groups -OCH3 is 4. The molecule has 0 fully saturated rings. The van der Waals surface area contributed by atoms with E-state index >= 15 is 0 Å². The van der Waals surface area contributed by atoms with Crippen LogP contribution in [0.4, 0.5) is 0 Å². The summed E-state index contributed by atoms with van der Waals surface area (Å²) in [5, 5.41) is 0. The van der Waals surface area contributed by atoms with Crippen LogP contribution in [0.15, 0.2) is 36.4 Å². The molecule has 0 saturated carbocycles. The van der Waals surface area contributed by atoms with Crippen molar-refractivity contribution in [3.63, 3.8) is 0 Å². The minimum absolute atomic E-state index is 0.102. The van der Waals surface area contributed by atoms with Crippen LogP contribution in [0.5, 0.6) is 23.0 Å². The van der Waals surface area contributed by atoms with E-state index in [0.29, 0.717) is 6.61 Å². The van der Waals surface area contributed by atoms with Crippen molar-refractivity contribution >= 4 is 5.97 Å². The molecule has 0 atom stereocenters. The van der Waals surface area contributed by atoms with Gasteiger partial charge in [-0.3, -0.25) is 4.79 Å². The fraction of sp³-hybridized carbons (Fsp3) is 0.500. The van der Waals surface area contributed by atoms with Crippen molar-refractivity contribution in [2.75, 3.05) is 35.0 Å². The second-order valence-electron chi connectivity index (χ2n) is 7.61. The molecule has 0 saturated heterocycles. The summed E-state index contributed by atoms with van der Waals surface area (Å²) in [4.78, 5) is 12.5. The fourth-order valence-corrected chi connectivity index (χ4v) is 3.82. The number of aryl methyl sites for hydroxylation is 2. The average Bonchev–Trinajstić information content (AvgIpc) is 2.82. The highest BCUT2D eigenvalue weighted by Crippen LogP contribution is 2.30. The van der Waals surface area contributed by atoms with Gasteiger partial charge in [0.15, 0.2) is 23.0 Å². The molecule has 2 aromatic carbocycles. The molecule has 0 spiro atoms. The second-order valence-corrected chi connectivity index (χ2v) is 7.61. The Morgan fingerprint density at radius 3 is 1.53 bits per heavy atom. The van der Waals surface area contributed by atoms with Gasteiger partial charge in [0.2, 0.25) is 0 Å². The Labute approximate surface area is 191 Å². The van der Waals surface area contributed by atoms with Crippen molar-refractivity contribution in [2.24, 2.45) is 5.92 Å². The second kappa shape index (κ2) is 13.5. The third-order valence-electron chi connectivity index (χ3n) is 5.55. The smallest absolute Gasteiger partial charge is 0.308 e. The number of benzene rings is 2. The summed E-state index contributed by atoms with van der Waals surface area (Å²) in [6.45, 7) is 2.25. The first-order chi connectivity index (χ1) is 15.6. The molecular formula is C26H36O6. The number of carbonyl (C=O) groups is 1. The zero-order valence-electron chi connectivity index (χ0n) is 19.9. The van der Waals surface area contributed by atoms with Crippen LogP contribution < -0.4 is 18.9 Å². The summed E-state index contributed by atoms with van der Waals surface area (Å²) in [5.74, 6) is 2.68. The van der Waals surface area contributed by atoms with Crippen LogP contribution in [0.25, 0.3) is 0 Å². The van der Waals surface area contributed by atoms with Crippen molar-refractivity contribution in [3.8, 4) is 23.0 Å². The molecular weight excluding hydrogens is 408 g/mol. The largest absolute Gasteiger partial charge is 0.493 e. The van der Waals surface area contributed by atoms with E-state index in [2.05, 4.69) is 0 Å². The van der Waals surface area contributed by atoms with Crippen LogP contribution >= 0.6 is 0 Å². The summed E-state index contributed by atoms with van der Waals surface area (Å²) in [6.07, 6.45) is 5.11. The van der Waals surface area contributed by atoms with Gasteiger partial charge < -0.3 is 23.7 Å². The van der Waals surface area contributed by atoms with E-state index in [9.17, 15) is 4.79 Å². The molecule has 0 aromatic heterocycles. The Morgan fingerprint density at radius 2 is 1.16 bits per heavy atom. The fourth-order valence-electron chi connectivity index (χ4n) is 3.82. The third kappa shape index (κ3) is 7.36. The third-order valence-corrected chi connectivity index (χ3v) is 5.55. The molecule has 0 aliphatic heterocycles. The predicted octanol–water partition coefficient (Wildman–Crippen LogP) is 5.25. The predicted molar refractivity (Wildman–Crippen MR) is 125 cm³/mol. The van der Waals surface area contributed by atoms with Crippen LogP contribution in [-0.2, 0) is 22.4 Å². The molecule has 6 heteroatoms. The number of carbonyl (C=O) groups excluding carboxylic acids is 1. The van der Waals surface area contributed by atoms with Crippen LogP contribution in [0, 0.1) is 5.92 Å². The Morgan fingerprint density at radius 1 is 0.719 bits per heavy atom. The minimum atomic E-state index is -0.105. The van der Waals surface area contributed by atoms with E-state index in [1.165, 1.54) is 0 Å². The summed E-state index contributed by atoms with van der Waals surface area (Å²) < 4.78 is 26.7. The van der Waals surface area contributed by atoms with Crippen LogP contribution in [0.1, 0.15) is 43.7 Å². The van der Waals surface area contributed by atoms with Gasteiger partial charge in [-0.2, -0.15) is 0 Å². The van der Waals surface area contributed by atoms with E-state index in [4.69, 9.17) is 23.7 Å². The number of rotatable bonds is 14. The van der Waals surface area contributed by atoms with Gasteiger partial charge in [0.05, 0.1) is 41.0 Å². The molecule has 0 radical (unpaired) electrons. The number of esters is 1. The maximum absolute atomic E-state index is 12.5. The highest BCUT2D eigenvalue weighted by Gasteiger charge is 2.19. The highest BCUT2D eigenvalue weighted by molar-refractivity contribution is 5.72. The maximum Gasteiger partial charge on any atom is 0.308 e. The number of ether oxygens (including phenoxy) is 5. The zero-order valence-corrected chi connectivity index (χ0v) is 19.9. The zero-order chi connectivity index (χ0) is 23.3. The lowest BCUT2D eigenvalue weighted by Gasteiger charge is -2.16. The number of hydrogen-bond donors (Lipinski definition) is 0. The Hall–Kier alpha value is -2.89. The molecule has 0 aliphatic rings. The SMILES string of the molecule is CCOC(=O)C(CCCc1ccc(OC)c(OC)c1)CCCc1ccc(OC)c(OC)c1. The first-order valence-electron chi connectivity index (χ1n) is 11.1. The molecule has 32 heavy (non-hydrogen) atoms. The van der Waals surface area contributed by atoms with Crippen molar-refractivity contribution in [1.29, 1.82) is 0 Å². The molecule has 0 amide bonds. The molecule has 0 bridgehead atoms. The van der Waals surface area contributed by atoms with Crippen molar-refractivity contribution in [1.82, 2.24) is 0 Å². The maximum atomic E-state index is 12.5. The normalized spacial score (nSPS) is 10.7. The Balaban J connectivity index is 1.92. The number of hydrogen-bond acceptors (Lipinski definition) is 6. The molecule has 0 heterocycles. The van der Waals surface area contributed by atoms with Gasteiger partial charge in [0, 0.05) is 0 Å². The van der Waals surface area contributed by atoms with Crippen molar-refractivity contribution in [2.45, 2.75) is 45.4 Å². The van der Waals surface area contributed by atoms with Gasteiger partial charge in [0.1, 0.15) is 0 Å². The van der Waals surface area contributed by atoms with Crippen LogP contribution in [-0.4, -0.2) is 41.0 Å². The van der Waals surface area contributed by atoms with Gasteiger partial charge in [0.25, 0.3) is 0 Å². The van der Waals surface area contributed by atoms with E-state index < -0.39 is 0 Å². The lowest BCUT2D eigenvalue weighted by Crippen LogP contribution is -2.18. The standard InChI is InChI=1S/C26H36O6/c1-6-32-26(27)21(11-7-9-19-13-15-22(28-2)24(17-19)30-4)12-8-10-20-14-16-23(29-3)25(18-20)31-5/h13-18,21H,6-12H2,1-5H3. The first-order valence-corrected chi connectivity index (χ1v) is 11.1. The molecule has 0 unspecified atom stereocenters. The highest BCUT2D eigenvalue weighted by atomic mass is 16.5. The van der Waals surface area contributed by atoms with E-state index in [0.717, 1.165) is 72.6 Å². The van der Waals surface area contributed by atoms with Crippen molar-refractivity contribution in [3.05, 3.63) is 47.5 Å². The summed E-state index contributed by atoms with van der Waals surface area (Å²) in [5.41, 5.74) is 2.33. The van der Waals surface area contributed by atoms with Crippen LogP contribution in [0.2, 0.25) is 0 Å². The molecule has 0 aliphatic carbocycles. The average molecular weight is 445 g/mol. The molecule has 176 valence electrons. The summed E-state index contributed by atoms with van der Waals surface area (Å²) in [7, 11) is 6.53. The van der Waals surface area contributed by atoms with Gasteiger partial charge >= 0.3 is 5.97 Å². The van der Waals surface area contributed by atoms with Gasteiger partial charge in [-0.05, 0) is 80.8 Å². The van der Waals surface area contributed by atoms with Crippen molar-refractivity contribution < 1.29 is 28.5 Å². The molecule has 2 rings (SSSR count). The van der Waals surface area contributed by atoms with Gasteiger partial charge in [-0.15, -0.1) is 0 Å². The Kier molecular flexibility index (Phi) is 10.7. The topological polar surface area (TPSA) is 63.2 Å². The van der Waals surface area contributed by atoms with E-state index in [1.807, 2.05) is 43.3 Å². The quantitative estimate of drug-likeness (QED) is 0.371. The molecule has 2 aromatic rings. The minimum Gasteiger partial charge on any atom is -0.493 e. The lowest BCUT2D eigenvalue weighted by atomic mass is 9.93. The summed E-state index contributed by atoms with van der Waals surface area (Å²) in [6, 6.07) is 11.9. The van der Waals surface area contributed by atoms with Crippen LogP contribution in [0.3, 0.4) is 0 Å². The van der Waals surface area contributed by atoms with E-state index in [1.54, 1.807) is 28.4 Å². The monoisotopic (exact) mass is 444 g/mol. The van der Waals surface area contributed by atoms with Gasteiger partial charge in [-0.25, -0.2) is 0 Å². The Bertz CT molecular complexity index is 787.